The monoisotopic (exact) mass is 387 g/mol. The van der Waals surface area contributed by atoms with Gasteiger partial charge in [-0.05, 0) is 30.7 Å². The van der Waals surface area contributed by atoms with E-state index in [1.165, 1.54) is 24.3 Å². The highest BCUT2D eigenvalue weighted by Gasteiger charge is 2.16. The molecule has 1 aromatic heterocycles. The van der Waals surface area contributed by atoms with Crippen LogP contribution in [0.2, 0.25) is 5.02 Å². The molecule has 1 aromatic carbocycles. The fraction of sp³-hybridized carbons (Fsp3) is 0.400. The van der Waals surface area contributed by atoms with Gasteiger partial charge >= 0.3 is 6.01 Å². The van der Waals surface area contributed by atoms with Crippen molar-refractivity contribution in [2.75, 3.05) is 24.8 Å². The Kier molecular flexibility index (Phi) is 6.91. The largest absolute Gasteiger partial charge is 0.408 e. The number of halogens is 1. The predicted molar refractivity (Wildman–Crippen MR) is 91.2 cm³/mol. The first kappa shape index (κ1) is 19.4. The number of ether oxygens (including phenoxy) is 1. The molecule has 0 aliphatic rings. The summed E-state index contributed by atoms with van der Waals surface area (Å²) in [6.07, 6.45) is 0.628. The van der Waals surface area contributed by atoms with Crippen LogP contribution in [-0.2, 0) is 25.8 Å². The number of nitrogens with zero attached hydrogens (tertiary/aromatic N) is 2. The van der Waals surface area contributed by atoms with Gasteiger partial charge in [-0.2, -0.15) is 0 Å². The Balaban J connectivity index is 1.80. The molecular weight excluding hydrogens is 370 g/mol. The smallest absolute Gasteiger partial charge is 0.322 e. The zero-order valence-electron chi connectivity index (χ0n) is 13.6. The highest BCUT2D eigenvalue weighted by atomic mass is 35.5. The van der Waals surface area contributed by atoms with Crippen molar-refractivity contribution in [3.05, 3.63) is 35.2 Å². The molecule has 2 aromatic rings. The fourth-order valence-electron chi connectivity index (χ4n) is 1.96. The second kappa shape index (κ2) is 8.93. The minimum Gasteiger partial charge on any atom is -0.408 e. The number of amides is 1. The highest BCUT2D eigenvalue weighted by Crippen LogP contribution is 2.16. The van der Waals surface area contributed by atoms with E-state index in [1.807, 2.05) is 0 Å². The topological polar surface area (TPSA) is 111 Å². The molecule has 0 unspecified atom stereocenters. The van der Waals surface area contributed by atoms with Crippen molar-refractivity contribution in [3.63, 3.8) is 0 Å². The fourth-order valence-corrected chi connectivity index (χ4v) is 3.40. The Morgan fingerprint density at radius 3 is 2.68 bits per heavy atom. The molecule has 0 radical (unpaired) electrons. The molecule has 0 aliphatic carbocycles. The quantitative estimate of drug-likeness (QED) is 0.701. The molecule has 0 aliphatic heterocycles. The number of carbonyl (C=O) groups is 1. The number of benzene rings is 1. The first-order valence-electron chi connectivity index (χ1n) is 7.50. The number of nitrogens with one attached hydrogen (secondary N) is 1. The van der Waals surface area contributed by atoms with Crippen molar-refractivity contribution in [2.24, 2.45) is 0 Å². The van der Waals surface area contributed by atoms with Crippen LogP contribution in [-0.4, -0.2) is 44.0 Å². The molecule has 1 amide bonds. The average Bonchev–Trinajstić information content (AvgIpc) is 3.00. The summed E-state index contributed by atoms with van der Waals surface area (Å²) in [7, 11) is -1.90. The highest BCUT2D eigenvalue weighted by molar-refractivity contribution is 7.91. The lowest BCUT2D eigenvalue weighted by Gasteiger charge is -2.04. The summed E-state index contributed by atoms with van der Waals surface area (Å²) in [5.74, 6) is -0.193. The van der Waals surface area contributed by atoms with E-state index in [4.69, 9.17) is 20.8 Å². The van der Waals surface area contributed by atoms with E-state index in [-0.39, 0.29) is 29.5 Å². The molecule has 2 rings (SSSR count). The molecule has 0 saturated carbocycles. The molecule has 1 N–H and O–H groups in total. The number of anilines is 1. The molecule has 0 spiro atoms. The number of sulfone groups is 1. The van der Waals surface area contributed by atoms with E-state index < -0.39 is 15.7 Å². The Bertz CT molecular complexity index is 805. The first-order chi connectivity index (χ1) is 11.9. The van der Waals surface area contributed by atoms with Gasteiger partial charge in [0.05, 0.1) is 17.3 Å². The van der Waals surface area contributed by atoms with Gasteiger partial charge in [-0.15, -0.1) is 5.10 Å². The Hall–Kier alpha value is -1.97. The minimum atomic E-state index is -3.46. The van der Waals surface area contributed by atoms with Crippen LogP contribution in [0.5, 0.6) is 0 Å². The molecule has 1 heterocycles. The molecule has 0 saturated heterocycles. The standard InChI is InChI=1S/C15H18ClN3O5S/c1-23-9-8-14-18-19-15(24-14)17-13(20)3-2-10-25(21,22)12-6-4-11(16)5-7-12/h4-7H,2-3,8-10H2,1H3,(H,17,19,20). The summed E-state index contributed by atoms with van der Waals surface area (Å²) in [6.45, 7) is 0.429. The second-order valence-corrected chi connectivity index (χ2v) is 7.71. The Morgan fingerprint density at radius 1 is 1.28 bits per heavy atom. The van der Waals surface area contributed by atoms with Gasteiger partial charge in [0.25, 0.3) is 0 Å². The van der Waals surface area contributed by atoms with E-state index in [9.17, 15) is 13.2 Å². The van der Waals surface area contributed by atoms with Crippen LogP contribution in [0.15, 0.2) is 33.6 Å². The van der Waals surface area contributed by atoms with Crippen LogP contribution in [0.1, 0.15) is 18.7 Å². The summed E-state index contributed by atoms with van der Waals surface area (Å²) < 4.78 is 34.4. The maximum Gasteiger partial charge on any atom is 0.322 e. The number of rotatable bonds is 9. The summed E-state index contributed by atoms with van der Waals surface area (Å²) in [6, 6.07) is 5.89. The van der Waals surface area contributed by atoms with E-state index in [1.54, 1.807) is 7.11 Å². The van der Waals surface area contributed by atoms with Crippen molar-refractivity contribution >= 4 is 33.4 Å². The molecule has 136 valence electrons. The lowest BCUT2D eigenvalue weighted by atomic mass is 10.3. The van der Waals surface area contributed by atoms with Gasteiger partial charge in [-0.3, -0.25) is 10.1 Å². The molecule has 8 nitrogen and oxygen atoms in total. The van der Waals surface area contributed by atoms with Crippen molar-refractivity contribution in [2.45, 2.75) is 24.2 Å². The summed E-state index contributed by atoms with van der Waals surface area (Å²) in [5, 5.41) is 10.3. The maximum atomic E-state index is 12.2. The van der Waals surface area contributed by atoms with Gasteiger partial charge in [-0.25, -0.2) is 8.42 Å². The minimum absolute atomic E-state index is 0.0165. The van der Waals surface area contributed by atoms with E-state index in [0.717, 1.165) is 0 Å². The number of carbonyl (C=O) groups excluding carboxylic acids is 1. The van der Waals surface area contributed by atoms with Crippen molar-refractivity contribution in [1.82, 2.24) is 10.2 Å². The third-order valence-electron chi connectivity index (χ3n) is 3.22. The van der Waals surface area contributed by atoms with E-state index in [2.05, 4.69) is 15.5 Å². The molecule has 0 bridgehead atoms. The van der Waals surface area contributed by atoms with E-state index >= 15 is 0 Å². The lowest BCUT2D eigenvalue weighted by Crippen LogP contribution is -2.14. The van der Waals surface area contributed by atoms with Gasteiger partial charge in [0, 0.05) is 25.0 Å². The lowest BCUT2D eigenvalue weighted by molar-refractivity contribution is -0.116. The molecule has 0 fully saturated rings. The third-order valence-corrected chi connectivity index (χ3v) is 5.29. The van der Waals surface area contributed by atoms with Crippen molar-refractivity contribution in [3.8, 4) is 0 Å². The van der Waals surface area contributed by atoms with Crippen LogP contribution in [0.3, 0.4) is 0 Å². The van der Waals surface area contributed by atoms with E-state index in [0.29, 0.717) is 23.9 Å². The molecule has 25 heavy (non-hydrogen) atoms. The maximum absolute atomic E-state index is 12.2. The predicted octanol–water partition coefficient (Wildman–Crippen LogP) is 2.10. The summed E-state index contributed by atoms with van der Waals surface area (Å²) >= 11 is 5.74. The zero-order valence-corrected chi connectivity index (χ0v) is 15.1. The molecule has 10 heteroatoms. The normalized spacial score (nSPS) is 11.4. The van der Waals surface area contributed by atoms with Crippen LogP contribution in [0.4, 0.5) is 6.01 Å². The van der Waals surface area contributed by atoms with Crippen LogP contribution < -0.4 is 5.32 Å². The van der Waals surface area contributed by atoms with Crippen LogP contribution >= 0.6 is 11.6 Å². The third kappa shape index (κ3) is 6.11. The van der Waals surface area contributed by atoms with Crippen LogP contribution in [0, 0.1) is 0 Å². The van der Waals surface area contributed by atoms with Gasteiger partial charge < -0.3 is 9.15 Å². The summed E-state index contributed by atoms with van der Waals surface area (Å²) in [4.78, 5) is 12.0. The number of hydrogen-bond donors (Lipinski definition) is 1. The zero-order chi connectivity index (χ0) is 18.3. The molecular formula is C15H18ClN3O5S. The second-order valence-electron chi connectivity index (χ2n) is 5.17. The number of aromatic nitrogens is 2. The van der Waals surface area contributed by atoms with Crippen LogP contribution in [0.25, 0.3) is 0 Å². The first-order valence-corrected chi connectivity index (χ1v) is 9.53. The van der Waals surface area contributed by atoms with Gasteiger partial charge in [0.15, 0.2) is 9.84 Å². The number of methoxy groups -OCH3 is 1. The summed E-state index contributed by atoms with van der Waals surface area (Å²) in [5.41, 5.74) is 0. The Morgan fingerprint density at radius 2 is 2.00 bits per heavy atom. The molecule has 0 atom stereocenters. The van der Waals surface area contributed by atoms with Gasteiger partial charge in [0.1, 0.15) is 0 Å². The average molecular weight is 388 g/mol. The van der Waals surface area contributed by atoms with Gasteiger partial charge in [0.2, 0.25) is 11.8 Å². The Labute approximate surface area is 150 Å². The SMILES string of the molecule is COCCc1nnc(NC(=O)CCCS(=O)(=O)c2ccc(Cl)cc2)o1. The van der Waals surface area contributed by atoms with Gasteiger partial charge in [-0.1, -0.05) is 16.7 Å². The van der Waals surface area contributed by atoms with Crippen molar-refractivity contribution < 1.29 is 22.4 Å². The van der Waals surface area contributed by atoms with Crippen molar-refractivity contribution in [1.29, 1.82) is 0 Å². The number of hydrogen-bond acceptors (Lipinski definition) is 7.